The fourth-order valence-electron chi connectivity index (χ4n) is 2.81. The maximum absolute atomic E-state index is 5.83. The lowest BCUT2D eigenvalue weighted by molar-refractivity contribution is 0.271. The van der Waals surface area contributed by atoms with E-state index in [0.29, 0.717) is 5.92 Å². The summed E-state index contributed by atoms with van der Waals surface area (Å²) >= 11 is 0. The van der Waals surface area contributed by atoms with Gasteiger partial charge in [0.2, 0.25) is 0 Å². The molecule has 0 aliphatic heterocycles. The zero-order chi connectivity index (χ0) is 14.1. The molecular formula is C16H36N2. The summed E-state index contributed by atoms with van der Waals surface area (Å²) in [6.45, 7) is 17.0. The first-order valence-corrected chi connectivity index (χ1v) is 7.79. The van der Waals surface area contributed by atoms with Crippen LogP contribution in [0.3, 0.4) is 0 Å². The normalized spacial score (nSPS) is 14.2. The van der Waals surface area contributed by atoms with Crippen molar-refractivity contribution in [3.8, 4) is 0 Å². The Morgan fingerprint density at radius 2 is 1.50 bits per heavy atom. The summed E-state index contributed by atoms with van der Waals surface area (Å²) in [5.74, 6) is 3.76. The summed E-state index contributed by atoms with van der Waals surface area (Å²) in [5.41, 5.74) is 5.83. The van der Waals surface area contributed by atoms with Crippen molar-refractivity contribution in [1.82, 2.24) is 5.32 Å². The Hall–Kier alpha value is -0.0800. The minimum absolute atomic E-state index is 0.689. The first-order chi connectivity index (χ1) is 8.38. The molecule has 0 aromatic heterocycles. The largest absolute Gasteiger partial charge is 0.330 e. The second-order valence-electron chi connectivity index (χ2n) is 6.88. The summed E-state index contributed by atoms with van der Waals surface area (Å²) in [6, 6.07) is 0. The van der Waals surface area contributed by atoms with E-state index < -0.39 is 0 Å². The zero-order valence-corrected chi connectivity index (χ0v) is 13.5. The lowest BCUT2D eigenvalue weighted by Gasteiger charge is -2.25. The molecule has 0 aliphatic rings. The average Bonchev–Trinajstić information content (AvgIpc) is 2.25. The van der Waals surface area contributed by atoms with E-state index in [2.05, 4.69) is 46.9 Å². The van der Waals surface area contributed by atoms with Crippen molar-refractivity contribution in [1.29, 1.82) is 0 Å². The first kappa shape index (κ1) is 17.9. The Bertz CT molecular complexity index is 180. The summed E-state index contributed by atoms with van der Waals surface area (Å²) in [5, 5.41) is 3.63. The lowest BCUT2D eigenvalue weighted by Crippen LogP contribution is -2.32. The number of hydrogen-bond donors (Lipinski definition) is 2. The highest BCUT2D eigenvalue weighted by Crippen LogP contribution is 2.19. The second-order valence-corrected chi connectivity index (χ2v) is 6.88. The monoisotopic (exact) mass is 256 g/mol. The molecule has 0 rings (SSSR count). The van der Waals surface area contributed by atoms with Crippen LogP contribution in [0.5, 0.6) is 0 Å². The highest BCUT2D eigenvalue weighted by atomic mass is 14.9. The van der Waals surface area contributed by atoms with Crippen molar-refractivity contribution < 1.29 is 0 Å². The van der Waals surface area contributed by atoms with Gasteiger partial charge in [-0.2, -0.15) is 0 Å². The Morgan fingerprint density at radius 1 is 0.944 bits per heavy atom. The lowest BCUT2D eigenvalue weighted by atomic mass is 9.85. The molecule has 18 heavy (non-hydrogen) atoms. The van der Waals surface area contributed by atoms with Crippen LogP contribution in [-0.2, 0) is 0 Å². The molecule has 2 nitrogen and oxygen atoms in total. The van der Waals surface area contributed by atoms with Crippen LogP contribution in [0.4, 0.5) is 0 Å². The van der Waals surface area contributed by atoms with Crippen LogP contribution in [-0.4, -0.2) is 19.6 Å². The van der Waals surface area contributed by atoms with Gasteiger partial charge in [-0.25, -0.2) is 0 Å². The molecule has 0 aromatic rings. The third-order valence-electron chi connectivity index (χ3n) is 3.96. The van der Waals surface area contributed by atoms with Gasteiger partial charge >= 0.3 is 0 Å². The van der Waals surface area contributed by atoms with Crippen molar-refractivity contribution in [2.24, 2.45) is 35.3 Å². The minimum atomic E-state index is 0.689. The Kier molecular flexibility index (Phi) is 9.76. The molecule has 0 bridgehead atoms. The Morgan fingerprint density at radius 3 is 1.89 bits per heavy atom. The van der Waals surface area contributed by atoms with Gasteiger partial charge in [0, 0.05) is 0 Å². The fraction of sp³-hybridized carbons (Fsp3) is 1.00. The number of hydrogen-bond acceptors (Lipinski definition) is 2. The smallest absolute Gasteiger partial charge is 0.00156 e. The maximum Gasteiger partial charge on any atom is -0.00156 e. The highest BCUT2D eigenvalue weighted by molar-refractivity contribution is 4.70. The molecule has 2 heteroatoms. The molecule has 110 valence electrons. The van der Waals surface area contributed by atoms with E-state index in [1.807, 2.05) is 0 Å². The first-order valence-electron chi connectivity index (χ1n) is 7.79. The van der Waals surface area contributed by atoms with E-state index in [1.54, 1.807) is 0 Å². The quantitative estimate of drug-likeness (QED) is 0.587. The third kappa shape index (κ3) is 8.10. The molecule has 0 spiro atoms. The molecule has 3 N–H and O–H groups in total. The van der Waals surface area contributed by atoms with Gasteiger partial charge in [0.1, 0.15) is 0 Å². The van der Waals surface area contributed by atoms with E-state index in [0.717, 1.165) is 43.3 Å². The van der Waals surface area contributed by atoms with Crippen molar-refractivity contribution in [2.45, 2.75) is 54.4 Å². The van der Waals surface area contributed by atoms with E-state index >= 15 is 0 Å². The molecule has 0 aliphatic carbocycles. The van der Waals surface area contributed by atoms with Crippen LogP contribution in [0.2, 0.25) is 0 Å². The van der Waals surface area contributed by atoms with E-state index in [4.69, 9.17) is 5.73 Å². The van der Waals surface area contributed by atoms with Crippen LogP contribution in [0.15, 0.2) is 0 Å². The highest BCUT2D eigenvalue weighted by Gasteiger charge is 2.17. The molecule has 1 unspecified atom stereocenters. The maximum atomic E-state index is 5.83. The molecule has 1 atom stereocenters. The Balaban J connectivity index is 3.82. The van der Waals surface area contributed by atoms with Gasteiger partial charge in [0.25, 0.3) is 0 Å². The minimum Gasteiger partial charge on any atom is -0.330 e. The topological polar surface area (TPSA) is 38.0 Å². The summed E-state index contributed by atoms with van der Waals surface area (Å²) in [6.07, 6.45) is 2.48. The van der Waals surface area contributed by atoms with Gasteiger partial charge in [-0.1, -0.05) is 41.5 Å². The van der Waals surface area contributed by atoms with Crippen molar-refractivity contribution in [3.05, 3.63) is 0 Å². The van der Waals surface area contributed by atoms with E-state index in [1.165, 1.54) is 12.8 Å². The molecule has 0 saturated carbocycles. The van der Waals surface area contributed by atoms with Crippen LogP contribution in [0.25, 0.3) is 0 Å². The predicted molar refractivity (Wildman–Crippen MR) is 82.7 cm³/mol. The van der Waals surface area contributed by atoms with Crippen molar-refractivity contribution in [2.75, 3.05) is 19.6 Å². The van der Waals surface area contributed by atoms with Crippen LogP contribution >= 0.6 is 0 Å². The molecule has 0 amide bonds. The number of nitrogens with one attached hydrogen (secondary N) is 1. The summed E-state index contributed by atoms with van der Waals surface area (Å²) in [7, 11) is 0. The SMILES string of the molecule is CC(C)CC(CN)CCNCC(C(C)C)C(C)C. The molecular weight excluding hydrogens is 220 g/mol. The molecule has 0 radical (unpaired) electrons. The van der Waals surface area contributed by atoms with Gasteiger partial charge in [-0.05, 0) is 62.1 Å². The zero-order valence-electron chi connectivity index (χ0n) is 13.5. The van der Waals surface area contributed by atoms with Gasteiger partial charge in [-0.3, -0.25) is 0 Å². The molecule has 0 fully saturated rings. The van der Waals surface area contributed by atoms with Gasteiger partial charge < -0.3 is 11.1 Å². The number of rotatable bonds is 10. The molecule has 0 aromatic carbocycles. The standard InChI is InChI=1S/C16H36N2/c1-12(2)9-15(10-17)7-8-18-11-16(13(3)4)14(5)6/h12-16,18H,7-11,17H2,1-6H3. The van der Waals surface area contributed by atoms with Crippen LogP contribution < -0.4 is 11.1 Å². The number of nitrogens with two attached hydrogens (primary N) is 1. The van der Waals surface area contributed by atoms with Crippen LogP contribution in [0, 0.1) is 29.6 Å². The van der Waals surface area contributed by atoms with Gasteiger partial charge in [0.15, 0.2) is 0 Å². The van der Waals surface area contributed by atoms with Crippen molar-refractivity contribution in [3.63, 3.8) is 0 Å². The van der Waals surface area contributed by atoms with E-state index in [9.17, 15) is 0 Å². The predicted octanol–water partition coefficient (Wildman–Crippen LogP) is 3.52. The molecule has 0 saturated heterocycles. The van der Waals surface area contributed by atoms with Gasteiger partial charge in [0.05, 0.1) is 0 Å². The Labute approximate surface area is 115 Å². The summed E-state index contributed by atoms with van der Waals surface area (Å²) < 4.78 is 0. The molecule has 0 heterocycles. The van der Waals surface area contributed by atoms with E-state index in [-0.39, 0.29) is 0 Å². The third-order valence-corrected chi connectivity index (χ3v) is 3.96. The second kappa shape index (κ2) is 9.80. The average molecular weight is 256 g/mol. The van der Waals surface area contributed by atoms with Gasteiger partial charge in [-0.15, -0.1) is 0 Å². The van der Waals surface area contributed by atoms with Crippen LogP contribution in [0.1, 0.15) is 54.4 Å². The summed E-state index contributed by atoms with van der Waals surface area (Å²) in [4.78, 5) is 0. The van der Waals surface area contributed by atoms with Crippen molar-refractivity contribution >= 4 is 0 Å². The fourth-order valence-corrected chi connectivity index (χ4v) is 2.81.